The highest BCUT2D eigenvalue weighted by Crippen LogP contribution is 2.22. The van der Waals surface area contributed by atoms with Crippen molar-refractivity contribution in [3.8, 4) is 0 Å². The van der Waals surface area contributed by atoms with E-state index in [0.717, 1.165) is 0 Å². The average molecular weight is 521 g/mol. The van der Waals surface area contributed by atoms with Gasteiger partial charge in [-0.3, -0.25) is 10.9 Å². The summed E-state index contributed by atoms with van der Waals surface area (Å²) in [7, 11) is 0. The van der Waals surface area contributed by atoms with Gasteiger partial charge in [0.15, 0.2) is 6.29 Å². The number of nitrogens with zero attached hydrogens (tertiary/aromatic N) is 2. The van der Waals surface area contributed by atoms with E-state index in [4.69, 9.17) is 9.47 Å². The number of ether oxygens (including phenoxy) is 2. The summed E-state index contributed by atoms with van der Waals surface area (Å²) in [4.78, 5) is 0. The largest absolute Gasteiger partial charge is 0.394 e. The molecule has 1 fully saturated rings. The van der Waals surface area contributed by atoms with Crippen LogP contribution in [0.5, 0.6) is 0 Å². The highest BCUT2D eigenvalue weighted by molar-refractivity contribution is 6.33. The molecule has 13 heteroatoms. The third kappa shape index (κ3) is 8.00. The maximum absolute atomic E-state index is 10.7. The Morgan fingerprint density at radius 1 is 0.892 bits per heavy atom. The van der Waals surface area contributed by atoms with Crippen molar-refractivity contribution in [3.63, 3.8) is 0 Å². The number of rotatable bonds is 12. The topological polar surface area (TPSA) is 209 Å². The smallest absolute Gasteiger partial charge is 0.186 e. The second kappa shape index (κ2) is 14.1. The zero-order valence-corrected chi connectivity index (χ0v) is 19.7. The molecule has 0 saturated carbocycles. The predicted octanol–water partition coefficient (Wildman–Crippen LogP) is -1.55. The molecule has 1 saturated heterocycles. The highest BCUT2D eigenvalue weighted by atomic mass is 16.7. The van der Waals surface area contributed by atoms with Gasteiger partial charge in [-0.05, 0) is 24.3 Å². The van der Waals surface area contributed by atoms with Gasteiger partial charge >= 0.3 is 0 Å². The third-order valence-electron chi connectivity index (χ3n) is 5.55. The van der Waals surface area contributed by atoms with Crippen LogP contribution in [0.3, 0.4) is 0 Å². The summed E-state index contributed by atoms with van der Waals surface area (Å²) in [5.74, 6) is 0. The van der Waals surface area contributed by atoms with Crippen LogP contribution in [0.1, 0.15) is 0 Å². The van der Waals surface area contributed by atoms with Gasteiger partial charge < -0.3 is 45.2 Å². The molecule has 8 atom stereocenters. The highest BCUT2D eigenvalue weighted by Gasteiger charge is 2.44. The number of anilines is 2. The van der Waals surface area contributed by atoms with E-state index in [1.165, 1.54) is 6.21 Å². The molecule has 1 aliphatic heterocycles. The van der Waals surface area contributed by atoms with Crippen molar-refractivity contribution < 1.29 is 45.2 Å². The fourth-order valence-corrected chi connectivity index (χ4v) is 3.38. The maximum atomic E-state index is 10.7. The van der Waals surface area contributed by atoms with Crippen molar-refractivity contribution >= 4 is 23.3 Å². The minimum Gasteiger partial charge on any atom is -0.394 e. The van der Waals surface area contributed by atoms with E-state index >= 15 is 0 Å². The fraction of sp³-hybridized carbons (Fsp3) is 0.417. The minimum atomic E-state index is -1.82. The molecular weight excluding hydrogens is 488 g/mol. The molecule has 0 aliphatic carbocycles. The van der Waals surface area contributed by atoms with Crippen LogP contribution in [-0.2, 0) is 9.47 Å². The molecule has 37 heavy (non-hydrogen) atoms. The van der Waals surface area contributed by atoms with E-state index in [-0.39, 0.29) is 5.71 Å². The zero-order chi connectivity index (χ0) is 26.8. The molecule has 202 valence electrons. The van der Waals surface area contributed by atoms with Gasteiger partial charge in [0.05, 0.1) is 30.8 Å². The number of para-hydroxylation sites is 2. The monoisotopic (exact) mass is 520 g/mol. The van der Waals surface area contributed by atoms with Crippen LogP contribution in [0.15, 0.2) is 70.9 Å². The molecule has 2 aromatic carbocycles. The fourth-order valence-electron chi connectivity index (χ4n) is 3.38. The van der Waals surface area contributed by atoms with E-state index in [2.05, 4.69) is 21.1 Å². The summed E-state index contributed by atoms with van der Waals surface area (Å²) in [6.45, 7) is -1.29. The Morgan fingerprint density at radius 2 is 1.49 bits per heavy atom. The van der Waals surface area contributed by atoms with Crippen LogP contribution in [0, 0.1) is 0 Å². The predicted molar refractivity (Wildman–Crippen MR) is 134 cm³/mol. The van der Waals surface area contributed by atoms with Crippen molar-refractivity contribution in [1.29, 1.82) is 0 Å². The van der Waals surface area contributed by atoms with Crippen LogP contribution >= 0.6 is 0 Å². The molecule has 1 aliphatic rings. The van der Waals surface area contributed by atoms with Crippen molar-refractivity contribution in [2.75, 3.05) is 24.1 Å². The van der Waals surface area contributed by atoms with Gasteiger partial charge in [0, 0.05) is 0 Å². The second-order valence-electron chi connectivity index (χ2n) is 8.28. The van der Waals surface area contributed by atoms with Gasteiger partial charge in [0.25, 0.3) is 0 Å². The van der Waals surface area contributed by atoms with E-state index < -0.39 is 62.2 Å². The first-order valence-corrected chi connectivity index (χ1v) is 11.5. The number of hydrogen-bond donors (Lipinski definition) is 9. The summed E-state index contributed by atoms with van der Waals surface area (Å²) in [6, 6.07) is 17.8. The summed E-state index contributed by atoms with van der Waals surface area (Å²) >= 11 is 0. The number of benzene rings is 2. The third-order valence-corrected chi connectivity index (χ3v) is 5.55. The molecule has 0 radical (unpaired) electrons. The number of nitrogens with one attached hydrogen (secondary N) is 2. The lowest BCUT2D eigenvalue weighted by molar-refractivity contribution is -0.306. The lowest BCUT2D eigenvalue weighted by Crippen LogP contribution is -2.59. The van der Waals surface area contributed by atoms with Crippen LogP contribution in [0.2, 0.25) is 0 Å². The Bertz CT molecular complexity index is 996. The number of aliphatic hydroxyl groups is 7. The first-order chi connectivity index (χ1) is 17.8. The molecule has 1 heterocycles. The van der Waals surface area contributed by atoms with Crippen LogP contribution in [0.4, 0.5) is 11.4 Å². The Kier molecular flexibility index (Phi) is 10.9. The molecule has 0 amide bonds. The van der Waals surface area contributed by atoms with Crippen molar-refractivity contribution in [2.24, 2.45) is 10.2 Å². The molecule has 0 unspecified atom stereocenters. The lowest BCUT2D eigenvalue weighted by atomic mass is 9.99. The molecule has 2 aromatic rings. The second-order valence-corrected chi connectivity index (χ2v) is 8.28. The first kappa shape index (κ1) is 28.6. The Labute approximate surface area is 212 Å². The number of aliphatic hydroxyl groups excluding tert-OH is 7. The quantitative estimate of drug-likeness (QED) is 0.116. The Balaban J connectivity index is 1.66. The summed E-state index contributed by atoms with van der Waals surface area (Å²) < 4.78 is 10.5. The van der Waals surface area contributed by atoms with Gasteiger partial charge in [-0.1, -0.05) is 36.4 Å². The van der Waals surface area contributed by atoms with E-state index in [1.54, 1.807) is 48.5 Å². The average Bonchev–Trinajstić information content (AvgIpc) is 2.93. The van der Waals surface area contributed by atoms with Crippen molar-refractivity contribution in [3.05, 3.63) is 60.7 Å². The standard InChI is InChI=1S/C24H32N4O9/c29-12-18-21(33)22(34)23(35)24(37-18)36-13-17(30)20(32)19(31)16(28-27-15-9-5-2-6-10-15)11-25-26-14-7-3-1-4-8-14/h1-11,17-24,26-27,29-35H,12-13H2/b25-11-,28-16-/t17-,18+,19+,20-,21-,22-,23-,24+/m1/s1. The van der Waals surface area contributed by atoms with Crippen molar-refractivity contribution in [1.82, 2.24) is 0 Å². The van der Waals surface area contributed by atoms with Crippen LogP contribution in [-0.4, -0.2) is 110 Å². The number of hydrazone groups is 2. The molecule has 0 spiro atoms. The van der Waals surface area contributed by atoms with Gasteiger partial charge in [0.1, 0.15) is 48.4 Å². The molecule has 0 bridgehead atoms. The van der Waals surface area contributed by atoms with Crippen LogP contribution < -0.4 is 10.9 Å². The van der Waals surface area contributed by atoms with E-state index in [9.17, 15) is 35.7 Å². The SMILES string of the molecule is OC[C@@H]1O[C@H](OC[C@@H](O)[C@@H](O)[C@@H](O)C(/C=N\Nc2ccccc2)=N\Nc2ccccc2)[C@H](O)[C@H](O)[C@@H]1O. The van der Waals surface area contributed by atoms with Gasteiger partial charge in [0.2, 0.25) is 0 Å². The van der Waals surface area contributed by atoms with E-state index in [0.29, 0.717) is 11.4 Å². The first-order valence-electron chi connectivity index (χ1n) is 11.5. The van der Waals surface area contributed by atoms with E-state index in [1.807, 2.05) is 12.1 Å². The summed E-state index contributed by atoms with van der Waals surface area (Å²) in [5, 5.41) is 78.8. The lowest BCUT2D eigenvalue weighted by Gasteiger charge is -2.40. The van der Waals surface area contributed by atoms with Gasteiger partial charge in [-0.25, -0.2) is 0 Å². The molecule has 13 nitrogen and oxygen atoms in total. The summed E-state index contributed by atoms with van der Waals surface area (Å²) in [5.41, 5.74) is 6.62. The normalized spacial score (nSPS) is 27.0. The van der Waals surface area contributed by atoms with Gasteiger partial charge in [-0.15, -0.1) is 0 Å². The zero-order valence-electron chi connectivity index (χ0n) is 19.7. The molecule has 3 rings (SSSR count). The summed E-state index contributed by atoms with van der Waals surface area (Å²) in [6.07, 6.45) is -11.7. The van der Waals surface area contributed by atoms with Crippen LogP contribution in [0.25, 0.3) is 0 Å². The molecular formula is C24H32N4O9. The Morgan fingerprint density at radius 3 is 2.08 bits per heavy atom. The van der Waals surface area contributed by atoms with Gasteiger partial charge in [-0.2, -0.15) is 10.2 Å². The molecule has 9 N–H and O–H groups in total. The molecule has 0 aromatic heterocycles. The van der Waals surface area contributed by atoms with Crippen molar-refractivity contribution in [2.45, 2.75) is 49.0 Å². The minimum absolute atomic E-state index is 0.133. The number of hydrogen-bond acceptors (Lipinski definition) is 13. The maximum Gasteiger partial charge on any atom is 0.186 e. The Hall–Kier alpha value is -2.98.